The summed E-state index contributed by atoms with van der Waals surface area (Å²) >= 11 is 4.50. The summed E-state index contributed by atoms with van der Waals surface area (Å²) in [5.41, 5.74) is 1.99. The van der Waals surface area contributed by atoms with Crippen LogP contribution in [0.2, 0.25) is 0 Å². The van der Waals surface area contributed by atoms with Crippen LogP contribution in [-0.4, -0.2) is 24.7 Å². The first kappa shape index (κ1) is 21.0. The average Bonchev–Trinajstić information content (AvgIpc) is 2.73. The number of thioether (sulfide) groups is 1. The van der Waals surface area contributed by atoms with Crippen LogP contribution in [0.5, 0.6) is 5.75 Å². The molecular formula is C21H18BrN3O3S. The molecule has 2 N–H and O–H groups in total. The third-order valence-corrected chi connectivity index (χ3v) is 5.90. The number of amides is 2. The van der Waals surface area contributed by atoms with E-state index >= 15 is 0 Å². The molecule has 0 saturated carbocycles. The summed E-state index contributed by atoms with van der Waals surface area (Å²) in [4.78, 5) is 24.5. The molecule has 1 heterocycles. The molecule has 0 spiro atoms. The predicted molar refractivity (Wildman–Crippen MR) is 116 cm³/mol. The minimum atomic E-state index is -0.350. The second-order valence-electron chi connectivity index (χ2n) is 6.28. The number of benzene rings is 2. The third-order valence-electron chi connectivity index (χ3n) is 4.35. The molecule has 1 aliphatic rings. The molecule has 2 aromatic carbocycles. The minimum absolute atomic E-state index is 0.0756. The molecule has 0 saturated heterocycles. The Labute approximate surface area is 181 Å². The van der Waals surface area contributed by atoms with Gasteiger partial charge >= 0.3 is 0 Å². The molecule has 6 nitrogen and oxygen atoms in total. The molecule has 0 bridgehead atoms. The zero-order valence-corrected chi connectivity index (χ0v) is 18.0. The van der Waals surface area contributed by atoms with Crippen molar-refractivity contribution in [2.24, 2.45) is 0 Å². The number of halogens is 1. The lowest BCUT2D eigenvalue weighted by Gasteiger charge is -2.25. The molecule has 1 aliphatic heterocycles. The fourth-order valence-electron chi connectivity index (χ4n) is 2.92. The lowest BCUT2D eigenvalue weighted by atomic mass is 9.87. The van der Waals surface area contributed by atoms with Crippen molar-refractivity contribution in [3.63, 3.8) is 0 Å². The monoisotopic (exact) mass is 471 g/mol. The highest BCUT2D eigenvalue weighted by Gasteiger charge is 2.29. The molecule has 0 aliphatic carbocycles. The van der Waals surface area contributed by atoms with E-state index in [0.29, 0.717) is 22.0 Å². The quantitative estimate of drug-likeness (QED) is 0.659. The smallest absolute Gasteiger partial charge is 0.234 e. The molecule has 0 radical (unpaired) electrons. The Kier molecular flexibility index (Phi) is 6.96. The van der Waals surface area contributed by atoms with Crippen LogP contribution < -0.4 is 15.4 Å². The number of anilines is 1. The van der Waals surface area contributed by atoms with Crippen LogP contribution in [-0.2, 0) is 9.59 Å². The zero-order valence-electron chi connectivity index (χ0n) is 15.6. The van der Waals surface area contributed by atoms with Gasteiger partial charge < -0.3 is 15.4 Å². The van der Waals surface area contributed by atoms with Gasteiger partial charge in [-0.2, -0.15) is 5.26 Å². The summed E-state index contributed by atoms with van der Waals surface area (Å²) in [6.45, 7) is 0. The summed E-state index contributed by atoms with van der Waals surface area (Å²) in [5.74, 6) is 0.0302. The molecule has 3 rings (SSSR count). The Morgan fingerprint density at radius 1 is 1.28 bits per heavy atom. The molecule has 148 valence electrons. The molecule has 1 unspecified atom stereocenters. The second-order valence-corrected chi connectivity index (χ2v) is 8.18. The van der Waals surface area contributed by atoms with Crippen LogP contribution in [0, 0.1) is 11.3 Å². The number of hydrogen-bond donors (Lipinski definition) is 2. The largest absolute Gasteiger partial charge is 0.497 e. The van der Waals surface area contributed by atoms with Crippen molar-refractivity contribution < 1.29 is 14.3 Å². The summed E-state index contributed by atoms with van der Waals surface area (Å²) in [6.07, 6.45) is 0.185. The molecule has 0 fully saturated rings. The summed E-state index contributed by atoms with van der Waals surface area (Å²) < 4.78 is 6.08. The van der Waals surface area contributed by atoms with Crippen molar-refractivity contribution in [1.29, 1.82) is 5.26 Å². The number of carbonyl (C=O) groups is 2. The van der Waals surface area contributed by atoms with E-state index in [-0.39, 0.29) is 29.9 Å². The molecule has 1 atom stereocenters. The van der Waals surface area contributed by atoms with Crippen LogP contribution in [0.15, 0.2) is 63.6 Å². The minimum Gasteiger partial charge on any atom is -0.497 e. The van der Waals surface area contributed by atoms with Crippen molar-refractivity contribution in [3.05, 3.63) is 69.2 Å². The number of carbonyl (C=O) groups excluding carboxylic acids is 2. The molecule has 0 aromatic heterocycles. The van der Waals surface area contributed by atoms with Crippen molar-refractivity contribution >= 4 is 45.2 Å². The lowest BCUT2D eigenvalue weighted by molar-refractivity contribution is -0.121. The van der Waals surface area contributed by atoms with Gasteiger partial charge in [0.2, 0.25) is 11.8 Å². The first-order valence-electron chi connectivity index (χ1n) is 8.76. The van der Waals surface area contributed by atoms with E-state index in [1.807, 2.05) is 24.3 Å². The van der Waals surface area contributed by atoms with Gasteiger partial charge in [0.25, 0.3) is 0 Å². The fraction of sp³-hybridized carbons (Fsp3) is 0.190. The van der Waals surface area contributed by atoms with Crippen LogP contribution >= 0.6 is 27.7 Å². The standard InChI is InChI=1S/C21H18BrN3O3S/c1-28-16-8-2-13(3-9-16)17-10-19(26)25-21(18(17)11-23)29-12-20(27)24-15-6-4-14(22)5-7-15/h2-9,17H,10,12H2,1H3,(H,24,27)(H,25,26). The van der Waals surface area contributed by atoms with Crippen molar-refractivity contribution in [3.8, 4) is 11.8 Å². The fourth-order valence-corrected chi connectivity index (χ4v) is 4.06. The van der Waals surface area contributed by atoms with Gasteiger partial charge in [0.1, 0.15) is 5.75 Å². The van der Waals surface area contributed by atoms with Crippen molar-refractivity contribution in [1.82, 2.24) is 5.32 Å². The summed E-state index contributed by atoms with van der Waals surface area (Å²) in [7, 11) is 1.58. The van der Waals surface area contributed by atoms with Gasteiger partial charge in [0, 0.05) is 22.5 Å². The highest BCUT2D eigenvalue weighted by atomic mass is 79.9. The Balaban J connectivity index is 1.73. The maximum Gasteiger partial charge on any atom is 0.234 e. The van der Waals surface area contributed by atoms with Gasteiger partial charge in [0.15, 0.2) is 0 Å². The first-order valence-corrected chi connectivity index (χ1v) is 10.5. The Morgan fingerprint density at radius 2 is 1.97 bits per heavy atom. The number of rotatable bonds is 6. The summed E-state index contributed by atoms with van der Waals surface area (Å²) in [6, 6.07) is 16.7. The van der Waals surface area contributed by atoms with Crippen molar-refractivity contribution in [2.75, 3.05) is 18.2 Å². The van der Waals surface area contributed by atoms with E-state index in [4.69, 9.17) is 4.74 Å². The molecule has 2 aromatic rings. The Morgan fingerprint density at radius 3 is 2.59 bits per heavy atom. The van der Waals surface area contributed by atoms with E-state index in [0.717, 1.165) is 21.8 Å². The first-order chi connectivity index (χ1) is 14.0. The van der Waals surface area contributed by atoms with Gasteiger partial charge in [-0.1, -0.05) is 39.8 Å². The second kappa shape index (κ2) is 9.63. The number of ether oxygens (including phenoxy) is 1. The maximum absolute atomic E-state index is 12.3. The van der Waals surface area contributed by atoms with E-state index in [2.05, 4.69) is 32.6 Å². The number of nitrogens with zero attached hydrogens (tertiary/aromatic N) is 1. The van der Waals surface area contributed by atoms with E-state index in [1.54, 1.807) is 31.4 Å². The number of allylic oxidation sites excluding steroid dienone is 1. The topological polar surface area (TPSA) is 91.2 Å². The van der Waals surface area contributed by atoms with Gasteiger partial charge in [-0.15, -0.1) is 0 Å². The molecule has 29 heavy (non-hydrogen) atoms. The van der Waals surface area contributed by atoms with Gasteiger partial charge in [-0.05, 0) is 42.0 Å². The molecule has 8 heteroatoms. The maximum atomic E-state index is 12.3. The predicted octanol–water partition coefficient (Wildman–Crippen LogP) is 4.17. The van der Waals surface area contributed by atoms with Crippen LogP contribution in [0.1, 0.15) is 17.9 Å². The normalized spacial score (nSPS) is 16.0. The Bertz CT molecular complexity index is 982. The Hall–Kier alpha value is -2.76. The average molecular weight is 472 g/mol. The van der Waals surface area contributed by atoms with E-state index in [9.17, 15) is 14.9 Å². The highest BCUT2D eigenvalue weighted by molar-refractivity contribution is 9.10. The van der Waals surface area contributed by atoms with Crippen molar-refractivity contribution in [2.45, 2.75) is 12.3 Å². The zero-order chi connectivity index (χ0) is 20.8. The number of hydrogen-bond acceptors (Lipinski definition) is 5. The van der Waals surface area contributed by atoms with E-state index < -0.39 is 0 Å². The molecular weight excluding hydrogens is 454 g/mol. The highest BCUT2D eigenvalue weighted by Crippen LogP contribution is 2.36. The molecule has 2 amide bonds. The van der Waals surface area contributed by atoms with Crippen LogP contribution in [0.3, 0.4) is 0 Å². The number of nitriles is 1. The van der Waals surface area contributed by atoms with Crippen LogP contribution in [0.4, 0.5) is 5.69 Å². The van der Waals surface area contributed by atoms with Gasteiger partial charge in [-0.25, -0.2) is 0 Å². The van der Waals surface area contributed by atoms with Gasteiger partial charge in [0.05, 0.1) is 29.5 Å². The number of methoxy groups -OCH3 is 1. The van der Waals surface area contributed by atoms with Gasteiger partial charge in [-0.3, -0.25) is 9.59 Å². The van der Waals surface area contributed by atoms with E-state index in [1.165, 1.54) is 0 Å². The SMILES string of the molecule is COc1ccc(C2CC(=O)NC(SCC(=O)Nc3ccc(Br)cc3)=C2C#N)cc1. The lowest BCUT2D eigenvalue weighted by Crippen LogP contribution is -2.31. The third kappa shape index (κ3) is 5.40. The van der Waals surface area contributed by atoms with Crippen LogP contribution in [0.25, 0.3) is 0 Å². The number of nitrogens with one attached hydrogen (secondary N) is 2. The summed E-state index contributed by atoms with van der Waals surface area (Å²) in [5, 5.41) is 15.7.